The highest BCUT2D eigenvalue weighted by Crippen LogP contribution is 2.23. The van der Waals surface area contributed by atoms with E-state index in [0.29, 0.717) is 5.38 Å². The molecule has 106 valence electrons. The summed E-state index contributed by atoms with van der Waals surface area (Å²) in [4.78, 5) is 4.52. The van der Waals surface area contributed by atoms with Crippen LogP contribution in [0.4, 0.5) is 13.2 Å². The van der Waals surface area contributed by atoms with Crippen molar-refractivity contribution in [1.82, 2.24) is 0 Å². The van der Waals surface area contributed by atoms with Gasteiger partial charge in [-0.25, -0.2) is 0 Å². The van der Waals surface area contributed by atoms with Gasteiger partial charge in [0.25, 0.3) is 0 Å². The molecule has 0 atom stereocenters. The summed E-state index contributed by atoms with van der Waals surface area (Å²) >= 11 is 0. The largest absolute Gasteiger partial charge is 0.464 e. The molecule has 1 aromatic heterocycles. The third-order valence-corrected chi connectivity index (χ3v) is 3.94. The van der Waals surface area contributed by atoms with E-state index in [0.717, 1.165) is 0 Å². The van der Waals surface area contributed by atoms with Crippen molar-refractivity contribution in [3.8, 4) is 0 Å². The van der Waals surface area contributed by atoms with Crippen LogP contribution in [0.15, 0.2) is 34.4 Å². The van der Waals surface area contributed by atoms with Crippen LogP contribution in [0.2, 0.25) is 19.6 Å². The molecule has 0 amide bonds. The Morgan fingerprint density at radius 2 is 2.05 bits per heavy atom. The maximum Gasteiger partial charge on any atom is 0.440 e. The van der Waals surface area contributed by atoms with Crippen LogP contribution in [0, 0.1) is 0 Å². The van der Waals surface area contributed by atoms with Crippen molar-refractivity contribution in [2.24, 2.45) is 5.16 Å². The lowest BCUT2D eigenvalue weighted by Gasteiger charge is -2.12. The molecule has 0 aliphatic rings. The number of rotatable bonds is 5. The first-order valence-corrected chi connectivity index (χ1v) is 9.15. The maximum atomic E-state index is 12.9. The normalized spacial score (nSPS) is 13.5. The van der Waals surface area contributed by atoms with Gasteiger partial charge in [0.1, 0.15) is 14.7 Å². The Labute approximate surface area is 110 Å². The van der Waals surface area contributed by atoms with Crippen molar-refractivity contribution < 1.29 is 22.4 Å². The molecule has 0 spiro atoms. The Morgan fingerprint density at radius 1 is 1.42 bits per heavy atom. The summed E-state index contributed by atoms with van der Waals surface area (Å²) in [5.41, 5.74) is -1.17. The van der Waals surface area contributed by atoms with Crippen molar-refractivity contribution in [2.75, 3.05) is 6.61 Å². The SMILES string of the molecule is C=CCO/N=C(\c1ccc([Si](C)(C)C)o1)C(F)(F)F. The van der Waals surface area contributed by atoms with Gasteiger partial charge in [-0.05, 0) is 12.1 Å². The molecule has 0 unspecified atom stereocenters. The van der Waals surface area contributed by atoms with E-state index in [1.807, 2.05) is 19.6 Å². The van der Waals surface area contributed by atoms with E-state index in [9.17, 15) is 13.2 Å². The van der Waals surface area contributed by atoms with Gasteiger partial charge < -0.3 is 9.25 Å². The minimum Gasteiger partial charge on any atom is -0.464 e. The van der Waals surface area contributed by atoms with Crippen LogP contribution in [0.5, 0.6) is 0 Å². The number of nitrogens with zero attached hydrogens (tertiary/aromatic N) is 1. The molecule has 0 aliphatic carbocycles. The van der Waals surface area contributed by atoms with Gasteiger partial charge in [0, 0.05) is 0 Å². The molecule has 1 rings (SSSR count). The first-order valence-electron chi connectivity index (χ1n) is 5.65. The lowest BCUT2D eigenvalue weighted by molar-refractivity contribution is -0.0620. The topological polar surface area (TPSA) is 34.7 Å². The second-order valence-corrected chi connectivity index (χ2v) is 9.93. The fraction of sp³-hybridized carbons (Fsp3) is 0.417. The van der Waals surface area contributed by atoms with E-state index in [4.69, 9.17) is 4.42 Å². The third-order valence-electron chi connectivity index (χ3n) is 2.20. The average molecular weight is 291 g/mol. The molecular formula is C12H16F3NO2Si. The number of hydrogen-bond donors (Lipinski definition) is 0. The van der Waals surface area contributed by atoms with Gasteiger partial charge in [-0.15, -0.1) is 0 Å². The molecule has 3 nitrogen and oxygen atoms in total. The summed E-state index contributed by atoms with van der Waals surface area (Å²) < 4.78 is 43.8. The van der Waals surface area contributed by atoms with Gasteiger partial charge in [0.05, 0.1) is 5.38 Å². The quantitative estimate of drug-likeness (QED) is 0.274. The van der Waals surface area contributed by atoms with Crippen LogP contribution < -0.4 is 5.38 Å². The van der Waals surface area contributed by atoms with E-state index < -0.39 is 20.0 Å². The van der Waals surface area contributed by atoms with Gasteiger partial charge in [-0.1, -0.05) is 37.5 Å². The van der Waals surface area contributed by atoms with E-state index in [-0.39, 0.29) is 12.4 Å². The molecule has 0 saturated heterocycles. The Morgan fingerprint density at radius 3 is 2.47 bits per heavy atom. The second kappa shape index (κ2) is 5.64. The van der Waals surface area contributed by atoms with Crippen LogP contribution in [-0.4, -0.2) is 26.6 Å². The van der Waals surface area contributed by atoms with Crippen LogP contribution in [0.25, 0.3) is 0 Å². The van der Waals surface area contributed by atoms with Gasteiger partial charge >= 0.3 is 6.18 Å². The number of furan rings is 1. The average Bonchev–Trinajstić information content (AvgIpc) is 2.71. The highest BCUT2D eigenvalue weighted by Gasteiger charge is 2.40. The Kier molecular flexibility index (Phi) is 4.62. The third kappa shape index (κ3) is 4.27. The fourth-order valence-electron chi connectivity index (χ4n) is 1.26. The van der Waals surface area contributed by atoms with Gasteiger partial charge in [-0.2, -0.15) is 13.2 Å². The van der Waals surface area contributed by atoms with Crippen molar-refractivity contribution >= 4 is 19.2 Å². The molecule has 0 aliphatic heterocycles. The first-order chi connectivity index (χ1) is 8.66. The maximum absolute atomic E-state index is 12.9. The molecular weight excluding hydrogens is 275 g/mol. The minimum atomic E-state index is -4.63. The highest BCUT2D eigenvalue weighted by atomic mass is 28.3. The zero-order valence-corrected chi connectivity index (χ0v) is 12.0. The molecule has 0 bridgehead atoms. The molecule has 0 radical (unpaired) electrons. The number of halogens is 3. The van der Waals surface area contributed by atoms with E-state index in [1.54, 1.807) is 6.07 Å². The number of alkyl halides is 3. The summed E-state index contributed by atoms with van der Waals surface area (Å²) in [6, 6.07) is 2.84. The molecule has 1 aromatic rings. The smallest absolute Gasteiger partial charge is 0.440 e. The minimum absolute atomic E-state index is 0.0961. The molecule has 0 N–H and O–H groups in total. The zero-order valence-electron chi connectivity index (χ0n) is 11.0. The highest BCUT2D eigenvalue weighted by molar-refractivity contribution is 6.87. The zero-order chi connectivity index (χ0) is 14.7. The molecule has 1 heterocycles. The summed E-state index contributed by atoms with van der Waals surface area (Å²) in [5, 5.41) is 3.68. The summed E-state index contributed by atoms with van der Waals surface area (Å²) in [6.07, 6.45) is -3.32. The summed E-state index contributed by atoms with van der Waals surface area (Å²) in [5.74, 6) is -0.325. The molecule has 0 fully saturated rings. The van der Waals surface area contributed by atoms with Gasteiger partial charge in [0.2, 0.25) is 5.71 Å². The fourth-order valence-corrected chi connectivity index (χ4v) is 2.26. The summed E-state index contributed by atoms with van der Waals surface area (Å²) in [7, 11) is -1.80. The standard InChI is InChI=1S/C12H16F3NO2Si/c1-5-8-17-16-11(12(13,14)15)9-6-7-10(18-9)19(2,3)4/h5-7H,1,8H2,2-4H3/b16-11+. The Balaban J connectivity index is 3.09. The molecule has 0 aromatic carbocycles. The molecule has 19 heavy (non-hydrogen) atoms. The van der Waals surface area contributed by atoms with Crippen LogP contribution in [-0.2, 0) is 4.84 Å². The van der Waals surface area contributed by atoms with Crippen molar-refractivity contribution in [3.63, 3.8) is 0 Å². The van der Waals surface area contributed by atoms with Gasteiger partial charge in [-0.3, -0.25) is 0 Å². The predicted molar refractivity (Wildman–Crippen MR) is 70.4 cm³/mol. The van der Waals surface area contributed by atoms with Crippen molar-refractivity contribution in [3.05, 3.63) is 30.5 Å². The lowest BCUT2D eigenvalue weighted by atomic mass is 10.3. The van der Waals surface area contributed by atoms with Crippen LogP contribution >= 0.6 is 0 Å². The second-order valence-electron chi connectivity index (χ2n) is 4.94. The summed E-state index contributed by atoms with van der Waals surface area (Å²) in [6.45, 7) is 9.18. The monoisotopic (exact) mass is 291 g/mol. The van der Waals surface area contributed by atoms with Crippen LogP contribution in [0.1, 0.15) is 5.76 Å². The molecule has 7 heteroatoms. The van der Waals surface area contributed by atoms with Crippen molar-refractivity contribution in [1.29, 1.82) is 0 Å². The predicted octanol–water partition coefficient (Wildman–Crippen LogP) is 3.29. The number of hydrogen-bond acceptors (Lipinski definition) is 3. The van der Waals surface area contributed by atoms with E-state index in [2.05, 4.69) is 16.6 Å². The Hall–Kier alpha value is -1.50. The lowest BCUT2D eigenvalue weighted by Crippen LogP contribution is -2.36. The van der Waals surface area contributed by atoms with Crippen molar-refractivity contribution in [2.45, 2.75) is 25.8 Å². The number of oxime groups is 1. The van der Waals surface area contributed by atoms with E-state index >= 15 is 0 Å². The van der Waals surface area contributed by atoms with Crippen LogP contribution in [0.3, 0.4) is 0 Å². The van der Waals surface area contributed by atoms with E-state index in [1.165, 1.54) is 12.1 Å². The Bertz CT molecular complexity index is 472. The van der Waals surface area contributed by atoms with Gasteiger partial charge in [0.15, 0.2) is 5.76 Å². The first kappa shape index (κ1) is 15.6. The molecule has 0 saturated carbocycles.